The Balaban J connectivity index is 1.58. The molecule has 1 atom stereocenters. The standard InChI is InChI=1S/C23H26F2N2O/c1-22(2)15-23(16-27(22)20-6-3-5-19(25)14-20)11-4-12-26(23)21(28)13-17-7-9-18(24)10-8-17/h3,5-10,14H,4,11-13,15-16H2,1-2H3. The number of likely N-dealkylation sites (tertiary alicyclic amines) is 1. The summed E-state index contributed by atoms with van der Waals surface area (Å²) in [7, 11) is 0. The summed E-state index contributed by atoms with van der Waals surface area (Å²) in [6, 6.07) is 12.8. The molecular formula is C23H26F2N2O. The van der Waals surface area contributed by atoms with E-state index < -0.39 is 0 Å². The maximum absolute atomic E-state index is 13.8. The number of carbonyl (C=O) groups is 1. The van der Waals surface area contributed by atoms with Crippen molar-refractivity contribution in [2.75, 3.05) is 18.0 Å². The molecule has 1 amide bonds. The molecule has 2 aliphatic rings. The van der Waals surface area contributed by atoms with Crippen LogP contribution in [0.4, 0.5) is 14.5 Å². The zero-order chi connectivity index (χ0) is 19.9. The molecule has 2 saturated heterocycles. The van der Waals surface area contributed by atoms with Gasteiger partial charge in [-0.25, -0.2) is 8.78 Å². The molecule has 2 aromatic rings. The van der Waals surface area contributed by atoms with Gasteiger partial charge in [0.2, 0.25) is 5.91 Å². The lowest BCUT2D eigenvalue weighted by Crippen LogP contribution is -2.49. The third-order valence-electron chi connectivity index (χ3n) is 6.23. The third-order valence-corrected chi connectivity index (χ3v) is 6.23. The van der Waals surface area contributed by atoms with Gasteiger partial charge in [0.25, 0.3) is 0 Å². The van der Waals surface area contributed by atoms with Crippen LogP contribution in [0.15, 0.2) is 48.5 Å². The van der Waals surface area contributed by atoms with E-state index in [1.165, 1.54) is 18.2 Å². The van der Waals surface area contributed by atoms with E-state index in [1.54, 1.807) is 24.3 Å². The van der Waals surface area contributed by atoms with Gasteiger partial charge in [0.15, 0.2) is 0 Å². The molecule has 5 heteroatoms. The van der Waals surface area contributed by atoms with E-state index in [-0.39, 0.29) is 35.0 Å². The van der Waals surface area contributed by atoms with Crippen molar-refractivity contribution in [1.29, 1.82) is 0 Å². The molecule has 2 heterocycles. The minimum absolute atomic E-state index is 0.0843. The normalized spacial score (nSPS) is 23.6. The molecule has 4 rings (SSSR count). The lowest BCUT2D eigenvalue weighted by molar-refractivity contribution is -0.134. The SMILES string of the molecule is CC1(C)CC2(CCCN2C(=O)Cc2ccc(F)cc2)CN1c1cccc(F)c1. The Bertz CT molecular complexity index is 880. The Morgan fingerprint density at radius 3 is 2.54 bits per heavy atom. The highest BCUT2D eigenvalue weighted by Crippen LogP contribution is 2.47. The van der Waals surface area contributed by atoms with Crippen LogP contribution >= 0.6 is 0 Å². The van der Waals surface area contributed by atoms with E-state index in [0.29, 0.717) is 6.54 Å². The molecule has 148 valence electrons. The fraction of sp³-hybridized carbons (Fsp3) is 0.435. The Kier molecular flexibility index (Phi) is 4.64. The molecule has 28 heavy (non-hydrogen) atoms. The van der Waals surface area contributed by atoms with Crippen molar-refractivity contribution in [1.82, 2.24) is 4.90 Å². The lowest BCUT2D eigenvalue weighted by Gasteiger charge is -2.35. The summed E-state index contributed by atoms with van der Waals surface area (Å²) in [5.41, 5.74) is 1.28. The summed E-state index contributed by atoms with van der Waals surface area (Å²) in [6.07, 6.45) is 3.06. The van der Waals surface area contributed by atoms with E-state index in [1.807, 2.05) is 11.0 Å². The summed E-state index contributed by atoms with van der Waals surface area (Å²) in [4.78, 5) is 17.4. The predicted molar refractivity (Wildman–Crippen MR) is 106 cm³/mol. The topological polar surface area (TPSA) is 23.6 Å². The van der Waals surface area contributed by atoms with E-state index in [9.17, 15) is 13.6 Å². The number of amides is 1. The number of hydrogen-bond donors (Lipinski definition) is 0. The zero-order valence-corrected chi connectivity index (χ0v) is 16.4. The van der Waals surface area contributed by atoms with Crippen molar-refractivity contribution in [3.05, 3.63) is 65.7 Å². The van der Waals surface area contributed by atoms with Gasteiger partial charge in [0, 0.05) is 24.3 Å². The van der Waals surface area contributed by atoms with Gasteiger partial charge in [-0.05, 0) is 69.0 Å². The van der Waals surface area contributed by atoms with Crippen molar-refractivity contribution in [3.63, 3.8) is 0 Å². The van der Waals surface area contributed by atoms with Gasteiger partial charge in [0.05, 0.1) is 12.0 Å². The highest BCUT2D eigenvalue weighted by molar-refractivity contribution is 5.80. The van der Waals surface area contributed by atoms with Crippen molar-refractivity contribution in [2.45, 2.75) is 50.6 Å². The van der Waals surface area contributed by atoms with E-state index in [2.05, 4.69) is 18.7 Å². The van der Waals surface area contributed by atoms with Crippen LogP contribution in [0.3, 0.4) is 0 Å². The Labute approximate surface area is 165 Å². The number of halogens is 2. The van der Waals surface area contributed by atoms with Crippen molar-refractivity contribution in [3.8, 4) is 0 Å². The summed E-state index contributed by atoms with van der Waals surface area (Å²) >= 11 is 0. The smallest absolute Gasteiger partial charge is 0.227 e. The molecule has 3 nitrogen and oxygen atoms in total. The average molecular weight is 384 g/mol. The van der Waals surface area contributed by atoms with E-state index >= 15 is 0 Å². The van der Waals surface area contributed by atoms with Gasteiger partial charge >= 0.3 is 0 Å². The van der Waals surface area contributed by atoms with Crippen LogP contribution < -0.4 is 4.90 Å². The molecule has 2 aromatic carbocycles. The highest BCUT2D eigenvalue weighted by atomic mass is 19.1. The van der Waals surface area contributed by atoms with Crippen LogP contribution in [-0.4, -0.2) is 35.0 Å². The largest absolute Gasteiger partial charge is 0.364 e. The van der Waals surface area contributed by atoms with Crippen LogP contribution in [0.2, 0.25) is 0 Å². The second-order valence-electron chi connectivity index (χ2n) is 8.73. The average Bonchev–Trinajstić information content (AvgIpc) is 3.16. The summed E-state index contributed by atoms with van der Waals surface area (Å²) < 4.78 is 27.0. The molecule has 0 aliphatic carbocycles. The third kappa shape index (κ3) is 3.38. The molecule has 0 radical (unpaired) electrons. The molecule has 2 aliphatic heterocycles. The van der Waals surface area contributed by atoms with Crippen LogP contribution in [0, 0.1) is 11.6 Å². The number of hydrogen-bond acceptors (Lipinski definition) is 2. The van der Waals surface area contributed by atoms with Crippen LogP contribution in [-0.2, 0) is 11.2 Å². The van der Waals surface area contributed by atoms with Gasteiger partial charge in [-0.1, -0.05) is 18.2 Å². The first kappa shape index (κ1) is 18.9. The molecule has 1 unspecified atom stereocenters. The van der Waals surface area contributed by atoms with Crippen LogP contribution in [0.25, 0.3) is 0 Å². The minimum Gasteiger partial charge on any atom is -0.364 e. The van der Waals surface area contributed by atoms with Gasteiger partial charge in [0.1, 0.15) is 11.6 Å². The van der Waals surface area contributed by atoms with E-state index in [0.717, 1.165) is 37.1 Å². The molecule has 0 aromatic heterocycles. The summed E-state index contributed by atoms with van der Waals surface area (Å²) in [5, 5.41) is 0. The van der Waals surface area contributed by atoms with Crippen LogP contribution in [0.1, 0.15) is 38.7 Å². The second-order valence-corrected chi connectivity index (χ2v) is 8.73. The number of rotatable bonds is 3. The van der Waals surface area contributed by atoms with Gasteiger partial charge < -0.3 is 9.80 Å². The monoisotopic (exact) mass is 384 g/mol. The zero-order valence-electron chi connectivity index (χ0n) is 16.4. The van der Waals surface area contributed by atoms with E-state index in [4.69, 9.17) is 0 Å². The first-order valence-electron chi connectivity index (χ1n) is 9.87. The Hall–Kier alpha value is -2.43. The number of nitrogens with zero attached hydrogens (tertiary/aromatic N) is 2. The minimum atomic E-state index is -0.294. The molecule has 0 N–H and O–H groups in total. The highest BCUT2D eigenvalue weighted by Gasteiger charge is 2.54. The fourth-order valence-corrected chi connectivity index (χ4v) is 5.10. The number of benzene rings is 2. The molecule has 0 bridgehead atoms. The maximum Gasteiger partial charge on any atom is 0.227 e. The lowest BCUT2D eigenvalue weighted by atomic mass is 9.87. The Morgan fingerprint density at radius 2 is 1.82 bits per heavy atom. The molecular weight excluding hydrogens is 358 g/mol. The van der Waals surface area contributed by atoms with Crippen molar-refractivity contribution >= 4 is 11.6 Å². The van der Waals surface area contributed by atoms with Gasteiger partial charge in [-0.3, -0.25) is 4.79 Å². The molecule has 2 fully saturated rings. The van der Waals surface area contributed by atoms with Gasteiger partial charge in [-0.15, -0.1) is 0 Å². The molecule has 1 spiro atoms. The first-order chi connectivity index (χ1) is 13.3. The van der Waals surface area contributed by atoms with Crippen molar-refractivity contribution < 1.29 is 13.6 Å². The molecule has 0 saturated carbocycles. The Morgan fingerprint density at radius 1 is 1.07 bits per heavy atom. The van der Waals surface area contributed by atoms with Gasteiger partial charge in [-0.2, -0.15) is 0 Å². The summed E-state index contributed by atoms with van der Waals surface area (Å²) in [6.45, 7) is 5.77. The number of anilines is 1. The maximum atomic E-state index is 13.8. The predicted octanol–water partition coefficient (Wildman–Crippen LogP) is 4.56. The van der Waals surface area contributed by atoms with Crippen molar-refractivity contribution in [2.24, 2.45) is 0 Å². The van der Waals surface area contributed by atoms with Crippen LogP contribution in [0.5, 0.6) is 0 Å². The number of carbonyl (C=O) groups excluding carboxylic acids is 1. The first-order valence-corrected chi connectivity index (χ1v) is 9.87. The summed E-state index contributed by atoms with van der Waals surface area (Å²) in [5.74, 6) is -0.456. The fourth-order valence-electron chi connectivity index (χ4n) is 5.10. The quantitative estimate of drug-likeness (QED) is 0.775. The second kappa shape index (κ2) is 6.87.